The fraction of sp³-hybridized carbons (Fsp3) is 0.136. The Labute approximate surface area is 161 Å². The summed E-state index contributed by atoms with van der Waals surface area (Å²) in [7, 11) is 0. The molecule has 0 radical (unpaired) electrons. The second-order valence-electron chi connectivity index (χ2n) is 6.76. The van der Waals surface area contributed by atoms with Crippen LogP contribution in [0.1, 0.15) is 27.5 Å². The van der Waals surface area contributed by atoms with E-state index in [9.17, 15) is 9.59 Å². The standard InChI is InChI=1S/C22H20N4O2/c1-15-8-9-19-17(12-15)18(13-21(27)24-19)22(28)25-20(14-26-11-5-10-23-26)16-6-3-2-4-7-16/h2-13,20H,14H2,1H3,(H,24,27)(H,25,28)/t20-/m0/s1. The summed E-state index contributed by atoms with van der Waals surface area (Å²) in [6, 6.07) is 18.3. The van der Waals surface area contributed by atoms with Crippen molar-refractivity contribution >= 4 is 16.8 Å². The largest absolute Gasteiger partial charge is 0.343 e. The van der Waals surface area contributed by atoms with Crippen LogP contribution in [-0.4, -0.2) is 20.7 Å². The fourth-order valence-corrected chi connectivity index (χ4v) is 3.31. The van der Waals surface area contributed by atoms with Crippen molar-refractivity contribution in [2.75, 3.05) is 0 Å². The summed E-state index contributed by atoms with van der Waals surface area (Å²) >= 11 is 0. The topological polar surface area (TPSA) is 79.8 Å². The van der Waals surface area contributed by atoms with Crippen LogP contribution in [0, 0.1) is 6.92 Å². The number of fused-ring (bicyclic) bond motifs is 1. The fourth-order valence-electron chi connectivity index (χ4n) is 3.31. The third kappa shape index (κ3) is 3.71. The summed E-state index contributed by atoms with van der Waals surface area (Å²) in [4.78, 5) is 28.0. The molecule has 0 aliphatic rings. The van der Waals surface area contributed by atoms with Gasteiger partial charge in [-0.05, 0) is 30.7 Å². The lowest BCUT2D eigenvalue weighted by Gasteiger charge is -2.20. The number of nitrogens with one attached hydrogen (secondary N) is 2. The number of pyridine rings is 1. The second kappa shape index (κ2) is 7.52. The number of H-pyrrole nitrogens is 1. The highest BCUT2D eigenvalue weighted by Crippen LogP contribution is 2.20. The molecule has 6 nitrogen and oxygen atoms in total. The van der Waals surface area contributed by atoms with Gasteiger partial charge in [0.25, 0.3) is 5.91 Å². The molecular formula is C22H20N4O2. The Kier molecular flexibility index (Phi) is 4.76. The number of amides is 1. The number of rotatable bonds is 5. The van der Waals surface area contributed by atoms with Crippen molar-refractivity contribution < 1.29 is 4.79 Å². The van der Waals surface area contributed by atoms with E-state index in [-0.39, 0.29) is 17.5 Å². The quantitative estimate of drug-likeness (QED) is 0.565. The highest BCUT2D eigenvalue weighted by molar-refractivity contribution is 6.06. The molecule has 2 heterocycles. The molecule has 2 N–H and O–H groups in total. The molecule has 0 saturated heterocycles. The first-order chi connectivity index (χ1) is 13.6. The Hall–Kier alpha value is -3.67. The third-order valence-corrected chi connectivity index (χ3v) is 4.68. The van der Waals surface area contributed by atoms with Crippen molar-refractivity contribution in [1.29, 1.82) is 0 Å². The summed E-state index contributed by atoms with van der Waals surface area (Å²) in [5, 5.41) is 8.05. The molecule has 4 rings (SSSR count). The van der Waals surface area contributed by atoms with Crippen LogP contribution in [-0.2, 0) is 6.54 Å². The van der Waals surface area contributed by atoms with Crippen LogP contribution in [0.15, 0.2) is 77.9 Å². The van der Waals surface area contributed by atoms with Crippen molar-refractivity contribution in [2.45, 2.75) is 19.5 Å². The summed E-state index contributed by atoms with van der Waals surface area (Å²) in [5.41, 5.74) is 2.70. The number of benzene rings is 2. The average Bonchev–Trinajstić information content (AvgIpc) is 3.21. The van der Waals surface area contributed by atoms with E-state index in [1.54, 1.807) is 10.9 Å². The zero-order chi connectivity index (χ0) is 19.5. The Morgan fingerprint density at radius 1 is 1.14 bits per heavy atom. The lowest BCUT2D eigenvalue weighted by atomic mass is 10.0. The SMILES string of the molecule is Cc1ccc2[nH]c(=O)cc(C(=O)N[C@@H](Cn3cccn3)c3ccccc3)c2c1. The number of aromatic nitrogens is 3. The summed E-state index contributed by atoms with van der Waals surface area (Å²) < 4.78 is 1.78. The van der Waals surface area contributed by atoms with Gasteiger partial charge >= 0.3 is 0 Å². The normalized spacial score (nSPS) is 12.0. The van der Waals surface area contributed by atoms with Crippen molar-refractivity contribution in [3.63, 3.8) is 0 Å². The maximum atomic E-state index is 13.1. The molecule has 0 bridgehead atoms. The van der Waals surface area contributed by atoms with E-state index in [0.29, 0.717) is 17.6 Å². The van der Waals surface area contributed by atoms with Gasteiger partial charge in [0.2, 0.25) is 5.56 Å². The van der Waals surface area contributed by atoms with Gasteiger partial charge in [0.1, 0.15) is 0 Å². The molecule has 1 atom stereocenters. The van der Waals surface area contributed by atoms with Crippen molar-refractivity contribution in [3.8, 4) is 0 Å². The molecule has 0 spiro atoms. The first-order valence-electron chi connectivity index (χ1n) is 9.07. The molecule has 4 aromatic rings. The van der Waals surface area contributed by atoms with Gasteiger partial charge in [0.05, 0.1) is 18.2 Å². The molecule has 2 aromatic carbocycles. The van der Waals surface area contributed by atoms with Crippen LogP contribution < -0.4 is 10.9 Å². The van der Waals surface area contributed by atoms with Gasteiger partial charge in [-0.2, -0.15) is 5.10 Å². The van der Waals surface area contributed by atoms with Crippen LogP contribution >= 0.6 is 0 Å². The van der Waals surface area contributed by atoms with Crippen LogP contribution in [0.25, 0.3) is 10.9 Å². The van der Waals surface area contributed by atoms with Gasteiger partial charge in [0.15, 0.2) is 0 Å². The molecule has 0 unspecified atom stereocenters. The Bertz CT molecular complexity index is 1160. The molecule has 140 valence electrons. The smallest absolute Gasteiger partial charge is 0.252 e. The van der Waals surface area contributed by atoms with E-state index in [2.05, 4.69) is 15.4 Å². The maximum Gasteiger partial charge on any atom is 0.252 e. The third-order valence-electron chi connectivity index (χ3n) is 4.68. The van der Waals surface area contributed by atoms with E-state index in [0.717, 1.165) is 16.5 Å². The van der Waals surface area contributed by atoms with E-state index in [1.807, 2.05) is 67.7 Å². The number of carbonyl (C=O) groups is 1. The van der Waals surface area contributed by atoms with Crippen molar-refractivity contribution in [3.05, 3.63) is 100 Å². The molecule has 2 aromatic heterocycles. The summed E-state index contributed by atoms with van der Waals surface area (Å²) in [5.74, 6) is -0.289. The highest BCUT2D eigenvalue weighted by Gasteiger charge is 2.19. The van der Waals surface area contributed by atoms with Crippen molar-refractivity contribution in [1.82, 2.24) is 20.1 Å². The Morgan fingerprint density at radius 3 is 2.71 bits per heavy atom. The van der Waals surface area contributed by atoms with Gasteiger partial charge in [-0.1, -0.05) is 42.0 Å². The van der Waals surface area contributed by atoms with E-state index >= 15 is 0 Å². The number of carbonyl (C=O) groups excluding carboxylic acids is 1. The number of aromatic amines is 1. The number of hydrogen-bond donors (Lipinski definition) is 2. The van der Waals surface area contributed by atoms with Gasteiger partial charge in [0, 0.05) is 29.4 Å². The van der Waals surface area contributed by atoms with E-state index in [4.69, 9.17) is 0 Å². The summed E-state index contributed by atoms with van der Waals surface area (Å²) in [6.45, 7) is 2.44. The molecule has 28 heavy (non-hydrogen) atoms. The minimum atomic E-state index is -0.301. The number of nitrogens with zero attached hydrogens (tertiary/aromatic N) is 2. The Morgan fingerprint density at radius 2 is 1.96 bits per heavy atom. The zero-order valence-electron chi connectivity index (χ0n) is 15.4. The number of hydrogen-bond acceptors (Lipinski definition) is 3. The molecular weight excluding hydrogens is 352 g/mol. The first-order valence-corrected chi connectivity index (χ1v) is 9.07. The van der Waals surface area contributed by atoms with Crippen molar-refractivity contribution in [2.24, 2.45) is 0 Å². The Balaban J connectivity index is 1.71. The first kappa shape index (κ1) is 17.7. The van der Waals surface area contributed by atoms with Gasteiger partial charge < -0.3 is 10.3 Å². The molecule has 0 saturated carbocycles. The van der Waals surface area contributed by atoms with Crippen LogP contribution in [0.4, 0.5) is 0 Å². The average molecular weight is 372 g/mol. The minimum Gasteiger partial charge on any atom is -0.343 e. The van der Waals surface area contributed by atoms with Crippen LogP contribution in [0.2, 0.25) is 0 Å². The van der Waals surface area contributed by atoms with E-state index in [1.165, 1.54) is 6.07 Å². The van der Waals surface area contributed by atoms with Gasteiger partial charge in [-0.3, -0.25) is 14.3 Å². The van der Waals surface area contributed by atoms with Gasteiger partial charge in [-0.25, -0.2) is 0 Å². The lowest BCUT2D eigenvalue weighted by Crippen LogP contribution is -2.32. The monoisotopic (exact) mass is 372 g/mol. The summed E-state index contributed by atoms with van der Waals surface area (Å²) in [6.07, 6.45) is 3.56. The molecule has 0 fully saturated rings. The van der Waals surface area contributed by atoms with Gasteiger partial charge in [-0.15, -0.1) is 0 Å². The highest BCUT2D eigenvalue weighted by atomic mass is 16.2. The molecule has 0 aliphatic carbocycles. The lowest BCUT2D eigenvalue weighted by molar-refractivity contribution is 0.0933. The van der Waals surface area contributed by atoms with Crippen LogP contribution in [0.5, 0.6) is 0 Å². The second-order valence-corrected chi connectivity index (χ2v) is 6.76. The predicted molar refractivity (Wildman–Crippen MR) is 108 cm³/mol. The molecule has 1 amide bonds. The zero-order valence-corrected chi connectivity index (χ0v) is 15.4. The minimum absolute atomic E-state index is 0.284. The van der Waals surface area contributed by atoms with Crippen LogP contribution in [0.3, 0.4) is 0 Å². The predicted octanol–water partition coefficient (Wildman–Crippen LogP) is 3.20. The molecule has 0 aliphatic heterocycles. The number of aryl methyl sites for hydroxylation is 1. The van der Waals surface area contributed by atoms with E-state index < -0.39 is 0 Å². The maximum absolute atomic E-state index is 13.1. The molecule has 6 heteroatoms.